The number of carbonyl (C=O) groups is 1. The number of aliphatic imine (C=N–C) groups is 1. The summed E-state index contributed by atoms with van der Waals surface area (Å²) in [6, 6.07) is 10.7. The van der Waals surface area contributed by atoms with Gasteiger partial charge in [-0.2, -0.15) is 0 Å². The van der Waals surface area contributed by atoms with Crippen molar-refractivity contribution < 1.29 is 4.79 Å². The van der Waals surface area contributed by atoms with E-state index in [-0.39, 0.29) is 35.3 Å². The van der Waals surface area contributed by atoms with E-state index < -0.39 is 0 Å². The van der Waals surface area contributed by atoms with E-state index >= 15 is 0 Å². The highest BCUT2D eigenvalue weighted by atomic mass is 127. The molecule has 2 aliphatic rings. The van der Waals surface area contributed by atoms with Crippen LogP contribution in [0.4, 0.5) is 0 Å². The number of benzene rings is 1. The van der Waals surface area contributed by atoms with Gasteiger partial charge in [0, 0.05) is 38.0 Å². The molecule has 0 unspecified atom stereocenters. The second kappa shape index (κ2) is 10.1. The largest absolute Gasteiger partial charge is 0.357 e. The summed E-state index contributed by atoms with van der Waals surface area (Å²) < 4.78 is 0. The summed E-state index contributed by atoms with van der Waals surface area (Å²) in [5.41, 5.74) is 1.61. The number of likely N-dealkylation sites (tertiary alicyclic amines) is 1. The Labute approximate surface area is 174 Å². The molecule has 1 aliphatic carbocycles. The zero-order chi connectivity index (χ0) is 17.5. The molecule has 0 radical (unpaired) electrons. The second-order valence-corrected chi connectivity index (χ2v) is 7.11. The molecule has 1 aromatic rings. The molecule has 1 aromatic carbocycles. The number of nitrogens with one attached hydrogen (secondary N) is 2. The van der Waals surface area contributed by atoms with Gasteiger partial charge in [-0.15, -0.1) is 24.0 Å². The van der Waals surface area contributed by atoms with Crippen molar-refractivity contribution in [2.45, 2.75) is 44.4 Å². The van der Waals surface area contributed by atoms with Crippen LogP contribution in [0.1, 0.15) is 44.6 Å². The van der Waals surface area contributed by atoms with Gasteiger partial charge in [0.15, 0.2) is 5.96 Å². The molecular weight excluding hydrogens is 439 g/mol. The highest BCUT2D eigenvalue weighted by Crippen LogP contribution is 2.48. The monoisotopic (exact) mass is 470 g/mol. The lowest BCUT2D eigenvalue weighted by molar-refractivity contribution is -0.129. The minimum absolute atomic E-state index is 0. The summed E-state index contributed by atoms with van der Waals surface area (Å²) in [4.78, 5) is 18.9. The van der Waals surface area contributed by atoms with Gasteiger partial charge in [0.2, 0.25) is 5.91 Å². The van der Waals surface area contributed by atoms with Gasteiger partial charge in [0.05, 0.1) is 6.54 Å². The topological polar surface area (TPSA) is 56.7 Å². The molecule has 6 heteroatoms. The minimum Gasteiger partial charge on any atom is -0.357 e. The van der Waals surface area contributed by atoms with Crippen LogP contribution in [0.15, 0.2) is 35.3 Å². The third-order valence-electron chi connectivity index (χ3n) is 5.21. The van der Waals surface area contributed by atoms with Crippen molar-refractivity contribution >= 4 is 35.8 Å². The van der Waals surface area contributed by atoms with E-state index in [4.69, 9.17) is 4.99 Å². The maximum Gasteiger partial charge on any atom is 0.224 e. The Morgan fingerprint density at radius 1 is 1.15 bits per heavy atom. The fourth-order valence-corrected chi connectivity index (χ4v) is 3.47. The Balaban J connectivity index is 0.00000243. The molecule has 26 heavy (non-hydrogen) atoms. The van der Waals surface area contributed by atoms with Crippen LogP contribution >= 0.6 is 24.0 Å². The first-order valence-electron chi connectivity index (χ1n) is 9.59. The lowest BCUT2D eigenvalue weighted by Gasteiger charge is -2.17. The first-order chi connectivity index (χ1) is 12.2. The van der Waals surface area contributed by atoms with Gasteiger partial charge in [-0.3, -0.25) is 9.79 Å². The molecule has 0 spiro atoms. The van der Waals surface area contributed by atoms with E-state index in [1.165, 1.54) is 18.4 Å². The van der Waals surface area contributed by atoms with E-state index in [1.807, 2.05) is 4.90 Å². The van der Waals surface area contributed by atoms with Crippen LogP contribution in [0.3, 0.4) is 0 Å². The van der Waals surface area contributed by atoms with Crippen LogP contribution in [0, 0.1) is 0 Å². The number of hydrogen-bond donors (Lipinski definition) is 2. The lowest BCUT2D eigenvalue weighted by atomic mass is 9.96. The van der Waals surface area contributed by atoms with Gasteiger partial charge in [0.25, 0.3) is 0 Å². The molecule has 0 atom stereocenters. The van der Waals surface area contributed by atoms with Crippen molar-refractivity contribution in [3.63, 3.8) is 0 Å². The molecule has 144 valence electrons. The summed E-state index contributed by atoms with van der Waals surface area (Å²) in [6.45, 7) is 6.17. The van der Waals surface area contributed by atoms with Crippen molar-refractivity contribution in [1.82, 2.24) is 15.5 Å². The number of amides is 1. The Morgan fingerprint density at radius 3 is 2.46 bits per heavy atom. The summed E-state index contributed by atoms with van der Waals surface area (Å²) in [5.74, 6) is 1.07. The third-order valence-corrected chi connectivity index (χ3v) is 5.21. The molecule has 1 aliphatic heterocycles. The van der Waals surface area contributed by atoms with Crippen molar-refractivity contribution in [3.8, 4) is 0 Å². The SMILES string of the molecule is CCNC(=NCC1(c2ccccc2)CC1)NCCC(=O)N1CCCC1.I. The van der Waals surface area contributed by atoms with Gasteiger partial charge in [0.1, 0.15) is 0 Å². The fraction of sp³-hybridized carbons (Fsp3) is 0.600. The van der Waals surface area contributed by atoms with Crippen LogP contribution in [0.5, 0.6) is 0 Å². The summed E-state index contributed by atoms with van der Waals surface area (Å²) in [7, 11) is 0. The van der Waals surface area contributed by atoms with Crippen LogP contribution in [0.25, 0.3) is 0 Å². The standard InChI is InChI=1S/C20H30N4O.HI/c1-2-21-19(22-13-10-18(25)24-14-6-7-15-24)23-16-20(11-12-20)17-8-4-3-5-9-17;/h3-5,8-9H,2,6-7,10-16H2,1H3,(H2,21,22,23);1H. The number of guanidine groups is 1. The van der Waals surface area contributed by atoms with E-state index in [1.54, 1.807) is 0 Å². The highest BCUT2D eigenvalue weighted by molar-refractivity contribution is 14.0. The normalized spacial score (nSPS) is 18.2. The van der Waals surface area contributed by atoms with Gasteiger partial charge in [-0.25, -0.2) is 0 Å². The van der Waals surface area contributed by atoms with E-state index in [2.05, 4.69) is 47.9 Å². The molecule has 2 fully saturated rings. The second-order valence-electron chi connectivity index (χ2n) is 7.11. The maximum atomic E-state index is 12.1. The predicted molar refractivity (Wildman–Crippen MR) is 117 cm³/mol. The average Bonchev–Trinajstić information content (AvgIpc) is 3.23. The fourth-order valence-electron chi connectivity index (χ4n) is 3.47. The highest BCUT2D eigenvalue weighted by Gasteiger charge is 2.43. The van der Waals surface area contributed by atoms with Gasteiger partial charge in [-0.05, 0) is 38.2 Å². The van der Waals surface area contributed by atoms with Crippen LogP contribution < -0.4 is 10.6 Å². The minimum atomic E-state index is 0. The van der Waals surface area contributed by atoms with Gasteiger partial charge < -0.3 is 15.5 Å². The Morgan fingerprint density at radius 2 is 1.85 bits per heavy atom. The van der Waals surface area contributed by atoms with E-state index in [0.717, 1.165) is 45.0 Å². The number of hydrogen-bond acceptors (Lipinski definition) is 2. The molecule has 3 rings (SSSR count). The molecular formula is C20H31IN4O. The zero-order valence-electron chi connectivity index (χ0n) is 15.7. The molecule has 0 bridgehead atoms. The predicted octanol–water partition coefficient (Wildman–Crippen LogP) is 2.90. The third kappa shape index (κ3) is 5.59. The van der Waals surface area contributed by atoms with Crippen molar-refractivity contribution in [3.05, 3.63) is 35.9 Å². The summed E-state index contributed by atoms with van der Waals surface area (Å²) in [5, 5.41) is 6.61. The first-order valence-corrected chi connectivity index (χ1v) is 9.59. The molecule has 2 N–H and O–H groups in total. The van der Waals surface area contributed by atoms with Crippen molar-refractivity contribution in [2.75, 3.05) is 32.7 Å². The number of rotatable bonds is 7. The van der Waals surface area contributed by atoms with E-state index in [9.17, 15) is 4.79 Å². The van der Waals surface area contributed by atoms with Gasteiger partial charge >= 0.3 is 0 Å². The summed E-state index contributed by atoms with van der Waals surface area (Å²) in [6.07, 6.45) is 5.23. The first kappa shape index (κ1) is 21.0. The molecule has 1 heterocycles. The van der Waals surface area contributed by atoms with Crippen LogP contribution in [-0.4, -0.2) is 49.5 Å². The van der Waals surface area contributed by atoms with Crippen molar-refractivity contribution in [1.29, 1.82) is 0 Å². The smallest absolute Gasteiger partial charge is 0.224 e. The Kier molecular flexibility index (Phi) is 8.18. The molecule has 1 amide bonds. The number of nitrogens with zero attached hydrogens (tertiary/aromatic N) is 2. The Bertz CT molecular complexity index is 595. The van der Waals surface area contributed by atoms with Gasteiger partial charge in [-0.1, -0.05) is 30.3 Å². The zero-order valence-corrected chi connectivity index (χ0v) is 18.0. The maximum absolute atomic E-state index is 12.1. The number of carbonyl (C=O) groups excluding carboxylic acids is 1. The molecule has 0 aromatic heterocycles. The van der Waals surface area contributed by atoms with Crippen LogP contribution in [0.2, 0.25) is 0 Å². The lowest BCUT2D eigenvalue weighted by Crippen LogP contribution is -2.40. The average molecular weight is 470 g/mol. The van der Waals surface area contributed by atoms with Crippen molar-refractivity contribution in [2.24, 2.45) is 4.99 Å². The molecule has 1 saturated heterocycles. The number of halogens is 1. The quantitative estimate of drug-likeness (QED) is 0.366. The molecule has 5 nitrogen and oxygen atoms in total. The Hall–Kier alpha value is -1.31. The summed E-state index contributed by atoms with van der Waals surface area (Å²) >= 11 is 0. The molecule has 1 saturated carbocycles. The van der Waals surface area contributed by atoms with E-state index in [0.29, 0.717) is 13.0 Å². The van der Waals surface area contributed by atoms with Crippen LogP contribution in [-0.2, 0) is 10.2 Å².